The number of aromatic nitrogens is 2. The van der Waals surface area contributed by atoms with E-state index in [1.54, 1.807) is 29.1 Å². The number of hydrazine groups is 1. The Morgan fingerprint density at radius 2 is 1.96 bits per heavy atom. The van der Waals surface area contributed by atoms with Crippen LogP contribution in [-0.4, -0.2) is 14.9 Å². The van der Waals surface area contributed by atoms with Crippen molar-refractivity contribution >= 4 is 17.1 Å². The molecule has 0 saturated carbocycles. The number of nitrogen functional groups attached to an aromatic ring is 1. The third-order valence-corrected chi connectivity index (χ3v) is 3.85. The van der Waals surface area contributed by atoms with Crippen molar-refractivity contribution in [1.82, 2.24) is 9.78 Å². The molecule has 0 aliphatic rings. The van der Waals surface area contributed by atoms with Gasteiger partial charge in [-0.25, -0.2) is 5.84 Å². The zero-order valence-electron chi connectivity index (χ0n) is 13.1. The average molecular weight is 309 g/mol. The molecule has 1 heterocycles. The van der Waals surface area contributed by atoms with Gasteiger partial charge in [-0.1, -0.05) is 6.07 Å². The number of phenols is 1. The molecular weight excluding hydrogens is 290 g/mol. The van der Waals surface area contributed by atoms with Crippen LogP contribution >= 0.6 is 0 Å². The second-order valence-electron chi connectivity index (χ2n) is 5.46. The number of nitrogens with two attached hydrogens (primary N) is 2. The molecular formula is C17H19N5O. The monoisotopic (exact) mass is 309 g/mol. The highest BCUT2D eigenvalue weighted by Gasteiger charge is 2.14. The quantitative estimate of drug-likeness (QED) is 0.393. The number of nitrogens with zero attached hydrogens (tertiary/aromatic N) is 3. The van der Waals surface area contributed by atoms with Crippen LogP contribution in [0.25, 0.3) is 11.3 Å². The number of aryl methyl sites for hydroxylation is 2. The van der Waals surface area contributed by atoms with Crippen molar-refractivity contribution in [2.75, 3.05) is 10.7 Å². The van der Waals surface area contributed by atoms with E-state index in [9.17, 15) is 5.11 Å². The second kappa shape index (κ2) is 5.66. The fourth-order valence-electron chi connectivity index (χ4n) is 2.57. The fraction of sp³-hybridized carbons (Fsp3) is 0.118. The van der Waals surface area contributed by atoms with Crippen molar-refractivity contribution in [2.24, 2.45) is 12.9 Å². The van der Waals surface area contributed by atoms with E-state index in [4.69, 9.17) is 11.6 Å². The summed E-state index contributed by atoms with van der Waals surface area (Å²) in [6, 6.07) is 12.6. The molecule has 6 nitrogen and oxygen atoms in total. The molecule has 0 bridgehead atoms. The van der Waals surface area contributed by atoms with Crippen molar-refractivity contribution in [2.45, 2.75) is 6.92 Å². The van der Waals surface area contributed by atoms with Crippen LogP contribution in [0.2, 0.25) is 0 Å². The van der Waals surface area contributed by atoms with Gasteiger partial charge in [-0.15, -0.1) is 0 Å². The minimum Gasteiger partial charge on any atom is -0.508 e. The molecule has 0 fully saturated rings. The lowest BCUT2D eigenvalue weighted by Crippen LogP contribution is -2.26. The third kappa shape index (κ3) is 2.72. The number of anilines is 3. The van der Waals surface area contributed by atoms with Gasteiger partial charge in [0.2, 0.25) is 0 Å². The molecule has 2 aromatic carbocycles. The van der Waals surface area contributed by atoms with E-state index in [2.05, 4.69) is 5.10 Å². The minimum absolute atomic E-state index is 0.149. The summed E-state index contributed by atoms with van der Waals surface area (Å²) < 4.78 is 1.80. The largest absolute Gasteiger partial charge is 0.508 e. The molecule has 0 aliphatic carbocycles. The standard InChI is InChI=1S/C17H19N5O/c1-11-8-12(15-6-7-20-21(15)2)9-16(17(11)18)22(19)13-4-3-5-14(23)10-13/h3-10,23H,18-19H2,1-2H3. The van der Waals surface area contributed by atoms with Gasteiger partial charge in [-0.05, 0) is 42.8 Å². The third-order valence-electron chi connectivity index (χ3n) is 3.85. The Morgan fingerprint density at radius 3 is 2.61 bits per heavy atom. The summed E-state index contributed by atoms with van der Waals surface area (Å²) in [5.74, 6) is 6.38. The Balaban J connectivity index is 2.12. The predicted octanol–water partition coefficient (Wildman–Crippen LogP) is 2.70. The number of benzene rings is 2. The summed E-state index contributed by atoms with van der Waals surface area (Å²) in [5.41, 5.74) is 11.0. The zero-order chi connectivity index (χ0) is 16.6. The van der Waals surface area contributed by atoms with Crippen LogP contribution in [-0.2, 0) is 7.05 Å². The van der Waals surface area contributed by atoms with Gasteiger partial charge in [0.05, 0.1) is 22.8 Å². The van der Waals surface area contributed by atoms with E-state index in [1.807, 2.05) is 38.2 Å². The maximum Gasteiger partial charge on any atom is 0.117 e. The van der Waals surface area contributed by atoms with Crippen LogP contribution in [0, 0.1) is 6.92 Å². The zero-order valence-corrected chi connectivity index (χ0v) is 13.1. The maximum absolute atomic E-state index is 9.65. The highest BCUT2D eigenvalue weighted by atomic mass is 16.3. The summed E-state index contributed by atoms with van der Waals surface area (Å²) in [6.45, 7) is 1.94. The van der Waals surface area contributed by atoms with E-state index < -0.39 is 0 Å². The van der Waals surface area contributed by atoms with Gasteiger partial charge >= 0.3 is 0 Å². The molecule has 3 aromatic rings. The first-order valence-corrected chi connectivity index (χ1v) is 7.19. The molecule has 0 unspecified atom stereocenters. The number of aromatic hydroxyl groups is 1. The topological polar surface area (TPSA) is 93.3 Å². The molecule has 0 spiro atoms. The summed E-state index contributed by atoms with van der Waals surface area (Å²) in [7, 11) is 1.89. The Bertz CT molecular complexity index is 856. The van der Waals surface area contributed by atoms with Gasteiger partial charge in [0.15, 0.2) is 0 Å². The summed E-state index contributed by atoms with van der Waals surface area (Å²) in [4.78, 5) is 0. The smallest absolute Gasteiger partial charge is 0.117 e. The Hall–Kier alpha value is -2.99. The van der Waals surface area contributed by atoms with E-state index in [-0.39, 0.29) is 5.75 Å². The highest BCUT2D eigenvalue weighted by Crippen LogP contribution is 2.35. The Morgan fingerprint density at radius 1 is 1.17 bits per heavy atom. The summed E-state index contributed by atoms with van der Waals surface area (Å²) in [5, 5.41) is 15.3. The predicted molar refractivity (Wildman–Crippen MR) is 92.2 cm³/mol. The Kier molecular flexibility index (Phi) is 3.67. The van der Waals surface area contributed by atoms with Gasteiger partial charge in [0, 0.05) is 24.9 Å². The molecule has 23 heavy (non-hydrogen) atoms. The van der Waals surface area contributed by atoms with Crippen molar-refractivity contribution in [1.29, 1.82) is 0 Å². The number of hydrogen-bond acceptors (Lipinski definition) is 5. The fourth-order valence-corrected chi connectivity index (χ4v) is 2.57. The minimum atomic E-state index is 0.149. The number of phenolic OH excluding ortho intramolecular Hbond substituents is 1. The molecule has 0 amide bonds. The van der Waals surface area contributed by atoms with Crippen LogP contribution in [0.5, 0.6) is 5.75 Å². The van der Waals surface area contributed by atoms with Gasteiger partial charge < -0.3 is 10.8 Å². The lowest BCUT2D eigenvalue weighted by Gasteiger charge is -2.23. The number of rotatable bonds is 3. The molecule has 0 aliphatic heterocycles. The molecule has 118 valence electrons. The first-order valence-electron chi connectivity index (χ1n) is 7.19. The van der Waals surface area contributed by atoms with Gasteiger partial charge in [-0.2, -0.15) is 5.10 Å². The first-order chi connectivity index (χ1) is 11.0. The molecule has 6 heteroatoms. The molecule has 0 radical (unpaired) electrons. The summed E-state index contributed by atoms with van der Waals surface area (Å²) >= 11 is 0. The van der Waals surface area contributed by atoms with E-state index in [0.717, 1.165) is 16.8 Å². The lowest BCUT2D eigenvalue weighted by atomic mass is 10.0. The highest BCUT2D eigenvalue weighted by molar-refractivity contribution is 5.82. The molecule has 0 atom stereocenters. The van der Waals surface area contributed by atoms with Crippen LogP contribution in [0.3, 0.4) is 0 Å². The van der Waals surface area contributed by atoms with Gasteiger partial charge in [-0.3, -0.25) is 9.69 Å². The van der Waals surface area contributed by atoms with Crippen molar-refractivity contribution in [3.63, 3.8) is 0 Å². The SMILES string of the molecule is Cc1cc(-c2ccnn2C)cc(N(N)c2cccc(O)c2)c1N. The first kappa shape index (κ1) is 14.9. The van der Waals surface area contributed by atoms with E-state index in [0.29, 0.717) is 17.1 Å². The van der Waals surface area contributed by atoms with Crippen molar-refractivity contribution < 1.29 is 5.11 Å². The van der Waals surface area contributed by atoms with Crippen molar-refractivity contribution in [3.05, 3.63) is 54.2 Å². The van der Waals surface area contributed by atoms with Crippen LogP contribution in [0.15, 0.2) is 48.7 Å². The normalized spacial score (nSPS) is 10.7. The van der Waals surface area contributed by atoms with Crippen LogP contribution in [0.4, 0.5) is 17.1 Å². The van der Waals surface area contributed by atoms with Gasteiger partial charge in [0.1, 0.15) is 5.75 Å². The lowest BCUT2D eigenvalue weighted by molar-refractivity contribution is 0.475. The maximum atomic E-state index is 9.65. The summed E-state index contributed by atoms with van der Waals surface area (Å²) in [6.07, 6.45) is 1.75. The molecule has 1 aromatic heterocycles. The molecule has 0 saturated heterocycles. The number of hydrogen-bond donors (Lipinski definition) is 3. The van der Waals surface area contributed by atoms with E-state index >= 15 is 0 Å². The van der Waals surface area contributed by atoms with Crippen molar-refractivity contribution in [3.8, 4) is 17.0 Å². The van der Waals surface area contributed by atoms with Crippen LogP contribution in [0.1, 0.15) is 5.56 Å². The van der Waals surface area contributed by atoms with E-state index in [1.165, 1.54) is 5.01 Å². The Labute approximate surface area is 134 Å². The van der Waals surface area contributed by atoms with Crippen LogP contribution < -0.4 is 16.6 Å². The van der Waals surface area contributed by atoms with Gasteiger partial charge in [0.25, 0.3) is 0 Å². The molecule has 3 rings (SSSR count). The second-order valence-corrected chi connectivity index (χ2v) is 5.46. The molecule has 5 N–H and O–H groups in total. The average Bonchev–Trinajstić information content (AvgIpc) is 2.95.